The van der Waals surface area contributed by atoms with Gasteiger partial charge >= 0.3 is 5.69 Å². The van der Waals surface area contributed by atoms with Crippen molar-refractivity contribution >= 4 is 5.78 Å². The molecule has 0 unspecified atom stereocenters. The number of carbonyl (C=O) groups is 1. The number of rotatable bonds is 2. The second-order valence-corrected chi connectivity index (χ2v) is 5.70. The topological polar surface area (TPSA) is 61.1 Å². The Hall–Kier alpha value is -2.43. The van der Waals surface area contributed by atoms with Gasteiger partial charge in [-0.05, 0) is 51.8 Å². The van der Waals surface area contributed by atoms with Gasteiger partial charge in [-0.1, -0.05) is 6.07 Å². The number of nitrogens with zero attached hydrogens (tertiary/aromatic N) is 2. The van der Waals surface area contributed by atoms with Crippen LogP contribution in [0.25, 0.3) is 5.69 Å². The Morgan fingerprint density at radius 3 is 2.14 bits per heavy atom. The van der Waals surface area contributed by atoms with E-state index in [0.717, 1.165) is 15.7 Å². The normalized spacial score (nSPS) is 10.8. The standard InChI is InChI=1S/C17H20N2O3/c1-9-7-10(2)15(8-14(9)13(5)20)19-16(21)11(3)12(4)18(6)17(19)22/h7-8H,1-6H3. The predicted molar refractivity (Wildman–Crippen MR) is 86.2 cm³/mol. The van der Waals surface area contributed by atoms with E-state index in [1.165, 1.54) is 11.5 Å². The van der Waals surface area contributed by atoms with Crippen LogP contribution >= 0.6 is 0 Å². The maximum Gasteiger partial charge on any atom is 0.335 e. The monoisotopic (exact) mass is 300 g/mol. The molecule has 0 aliphatic carbocycles. The van der Waals surface area contributed by atoms with Crippen LogP contribution in [0.2, 0.25) is 0 Å². The molecule has 0 radical (unpaired) electrons. The smallest absolute Gasteiger partial charge is 0.300 e. The van der Waals surface area contributed by atoms with Gasteiger partial charge in [0.15, 0.2) is 5.78 Å². The van der Waals surface area contributed by atoms with Gasteiger partial charge in [-0.2, -0.15) is 0 Å². The second kappa shape index (κ2) is 5.40. The van der Waals surface area contributed by atoms with E-state index in [4.69, 9.17) is 0 Å². The number of carbonyl (C=O) groups excluding carboxylic acids is 1. The molecule has 2 aromatic rings. The average Bonchev–Trinajstić information content (AvgIpc) is 2.45. The molecule has 5 nitrogen and oxygen atoms in total. The molecule has 0 saturated heterocycles. The van der Waals surface area contributed by atoms with Crippen molar-refractivity contribution in [2.24, 2.45) is 7.05 Å². The van der Waals surface area contributed by atoms with E-state index < -0.39 is 5.69 Å². The van der Waals surface area contributed by atoms with Gasteiger partial charge in [0, 0.05) is 23.9 Å². The highest BCUT2D eigenvalue weighted by Crippen LogP contribution is 2.18. The zero-order valence-electron chi connectivity index (χ0n) is 13.8. The van der Waals surface area contributed by atoms with Gasteiger partial charge in [-0.25, -0.2) is 9.36 Å². The minimum atomic E-state index is -0.408. The van der Waals surface area contributed by atoms with Gasteiger partial charge in [0.1, 0.15) is 0 Å². The SMILES string of the molecule is CC(=O)c1cc(-n2c(=O)c(C)c(C)n(C)c2=O)c(C)cc1C. The van der Waals surface area contributed by atoms with Crippen LogP contribution in [0.3, 0.4) is 0 Å². The van der Waals surface area contributed by atoms with E-state index >= 15 is 0 Å². The first-order valence-electron chi connectivity index (χ1n) is 7.08. The molecule has 1 heterocycles. The van der Waals surface area contributed by atoms with Crippen molar-refractivity contribution in [2.75, 3.05) is 0 Å². The molecule has 0 amide bonds. The molecule has 0 N–H and O–H groups in total. The number of hydrogen-bond donors (Lipinski definition) is 0. The fourth-order valence-electron chi connectivity index (χ4n) is 2.63. The summed E-state index contributed by atoms with van der Waals surface area (Å²) in [6.07, 6.45) is 0. The van der Waals surface area contributed by atoms with Crippen molar-refractivity contribution in [3.05, 3.63) is 60.9 Å². The molecule has 116 valence electrons. The summed E-state index contributed by atoms with van der Waals surface area (Å²) >= 11 is 0. The van der Waals surface area contributed by atoms with E-state index in [1.807, 2.05) is 19.9 Å². The lowest BCUT2D eigenvalue weighted by molar-refractivity contribution is 0.101. The van der Waals surface area contributed by atoms with E-state index in [-0.39, 0.29) is 11.3 Å². The minimum Gasteiger partial charge on any atom is -0.300 e. The predicted octanol–water partition coefficient (Wildman–Crippen LogP) is 1.97. The van der Waals surface area contributed by atoms with Gasteiger partial charge in [-0.15, -0.1) is 0 Å². The van der Waals surface area contributed by atoms with Crippen LogP contribution in [0.1, 0.15) is 39.7 Å². The Morgan fingerprint density at radius 2 is 1.59 bits per heavy atom. The number of hydrogen-bond acceptors (Lipinski definition) is 3. The molecule has 5 heteroatoms. The highest BCUT2D eigenvalue weighted by molar-refractivity contribution is 5.96. The van der Waals surface area contributed by atoms with E-state index in [2.05, 4.69) is 0 Å². The van der Waals surface area contributed by atoms with Crippen molar-refractivity contribution in [1.82, 2.24) is 9.13 Å². The lowest BCUT2D eigenvalue weighted by Gasteiger charge is -2.15. The van der Waals surface area contributed by atoms with Crippen LogP contribution in [-0.2, 0) is 7.05 Å². The van der Waals surface area contributed by atoms with E-state index in [9.17, 15) is 14.4 Å². The zero-order valence-corrected chi connectivity index (χ0v) is 13.8. The Labute approximate surface area is 128 Å². The first-order valence-corrected chi connectivity index (χ1v) is 7.08. The first-order chi connectivity index (χ1) is 10.2. The Morgan fingerprint density at radius 1 is 1.00 bits per heavy atom. The molecule has 0 spiro atoms. The Kier molecular flexibility index (Phi) is 3.92. The Balaban J connectivity index is 2.96. The average molecular weight is 300 g/mol. The van der Waals surface area contributed by atoms with E-state index in [1.54, 1.807) is 27.0 Å². The van der Waals surface area contributed by atoms with Gasteiger partial charge in [0.05, 0.1) is 5.69 Å². The van der Waals surface area contributed by atoms with Gasteiger partial charge in [0.2, 0.25) is 0 Å². The van der Waals surface area contributed by atoms with Crippen molar-refractivity contribution in [3.8, 4) is 5.69 Å². The maximum absolute atomic E-state index is 12.5. The van der Waals surface area contributed by atoms with Gasteiger partial charge in [0.25, 0.3) is 5.56 Å². The molecule has 0 aliphatic rings. The number of Topliss-reactive ketones (excluding diaryl/α,β-unsaturated/α-hetero) is 1. The molecule has 0 atom stereocenters. The summed E-state index contributed by atoms with van der Waals surface area (Å²) in [7, 11) is 1.63. The number of ketones is 1. The summed E-state index contributed by atoms with van der Waals surface area (Å²) in [5.41, 5.74) is 3.01. The van der Waals surface area contributed by atoms with Crippen molar-refractivity contribution in [2.45, 2.75) is 34.6 Å². The van der Waals surface area contributed by atoms with Crippen LogP contribution in [0.5, 0.6) is 0 Å². The zero-order chi connectivity index (χ0) is 16.8. The summed E-state index contributed by atoms with van der Waals surface area (Å²) < 4.78 is 2.59. The lowest BCUT2D eigenvalue weighted by atomic mass is 10.0. The third-order valence-corrected chi connectivity index (χ3v) is 4.21. The molecule has 1 aromatic heterocycles. The highest BCUT2D eigenvalue weighted by Gasteiger charge is 2.16. The molecule has 22 heavy (non-hydrogen) atoms. The third kappa shape index (κ3) is 2.32. The van der Waals surface area contributed by atoms with Gasteiger partial charge < -0.3 is 4.57 Å². The molecule has 2 rings (SSSR count). The molecule has 0 bridgehead atoms. The fourth-order valence-corrected chi connectivity index (χ4v) is 2.63. The van der Waals surface area contributed by atoms with Crippen LogP contribution in [0, 0.1) is 27.7 Å². The van der Waals surface area contributed by atoms with Crippen molar-refractivity contribution < 1.29 is 4.79 Å². The molecular weight excluding hydrogens is 280 g/mol. The summed E-state index contributed by atoms with van der Waals surface area (Å²) in [5, 5.41) is 0. The molecule has 0 fully saturated rings. The summed E-state index contributed by atoms with van der Waals surface area (Å²) in [6.45, 7) is 8.58. The summed E-state index contributed by atoms with van der Waals surface area (Å²) in [4.78, 5) is 36.8. The third-order valence-electron chi connectivity index (χ3n) is 4.21. The number of benzene rings is 1. The largest absolute Gasteiger partial charge is 0.335 e. The van der Waals surface area contributed by atoms with Crippen LogP contribution in [0.4, 0.5) is 0 Å². The second-order valence-electron chi connectivity index (χ2n) is 5.70. The Bertz CT molecular complexity index is 864. The van der Waals surface area contributed by atoms with Crippen LogP contribution in [0.15, 0.2) is 21.7 Å². The maximum atomic E-state index is 12.5. The number of aryl methyl sites for hydroxylation is 2. The summed E-state index contributed by atoms with van der Waals surface area (Å²) in [5.74, 6) is -0.0903. The fraction of sp³-hybridized carbons (Fsp3) is 0.353. The molecule has 1 aromatic carbocycles. The van der Waals surface area contributed by atoms with Crippen LogP contribution in [-0.4, -0.2) is 14.9 Å². The quantitative estimate of drug-likeness (QED) is 0.797. The minimum absolute atomic E-state index is 0.0903. The highest BCUT2D eigenvalue weighted by atomic mass is 16.2. The van der Waals surface area contributed by atoms with Crippen LogP contribution < -0.4 is 11.2 Å². The van der Waals surface area contributed by atoms with E-state index in [0.29, 0.717) is 22.5 Å². The first kappa shape index (κ1) is 15.9. The number of aromatic nitrogens is 2. The lowest BCUT2D eigenvalue weighted by Crippen LogP contribution is -2.40. The molecule has 0 saturated carbocycles. The molecule has 0 aliphatic heterocycles. The molecular formula is C17H20N2O3. The summed E-state index contributed by atoms with van der Waals surface area (Å²) in [6, 6.07) is 3.46. The van der Waals surface area contributed by atoms with Crippen molar-refractivity contribution in [1.29, 1.82) is 0 Å². The van der Waals surface area contributed by atoms with Crippen molar-refractivity contribution in [3.63, 3.8) is 0 Å². The van der Waals surface area contributed by atoms with Gasteiger partial charge in [-0.3, -0.25) is 9.59 Å².